The van der Waals surface area contributed by atoms with Gasteiger partial charge < -0.3 is 30.0 Å². The van der Waals surface area contributed by atoms with Crippen LogP contribution in [0.4, 0.5) is 32.0 Å². The quantitative estimate of drug-likeness (QED) is 0.226. The summed E-state index contributed by atoms with van der Waals surface area (Å²) < 4.78 is 98.6. The maximum atomic E-state index is 14.5. The maximum absolute atomic E-state index is 14.5. The molecule has 0 aliphatic carbocycles. The Bertz CT molecular complexity index is 1190. The van der Waals surface area contributed by atoms with E-state index >= 15 is 0 Å². The molecule has 1 amide bonds. The van der Waals surface area contributed by atoms with Gasteiger partial charge in [0, 0.05) is 11.1 Å². The van der Waals surface area contributed by atoms with E-state index in [4.69, 9.17) is 4.74 Å². The number of amides is 1. The third kappa shape index (κ3) is 6.19. The van der Waals surface area contributed by atoms with Crippen molar-refractivity contribution in [3.05, 3.63) is 59.7 Å². The van der Waals surface area contributed by atoms with Crippen LogP contribution in [0.15, 0.2) is 48.5 Å². The summed E-state index contributed by atoms with van der Waals surface area (Å²) in [5.41, 5.74) is -10.3. The lowest BCUT2D eigenvalue weighted by Gasteiger charge is -2.36. The van der Waals surface area contributed by atoms with E-state index in [1.165, 1.54) is 44.2 Å². The van der Waals surface area contributed by atoms with Crippen molar-refractivity contribution in [2.45, 2.75) is 37.5 Å². The number of carbonyl (C=O) groups is 3. The molecule has 0 fully saturated rings. The fraction of sp³-hybridized carbons (Fsp3) is 0.375. The topological polar surface area (TPSA) is 123 Å². The molecule has 2 atom stereocenters. The van der Waals surface area contributed by atoms with E-state index in [1.807, 2.05) is 0 Å². The molecule has 0 spiro atoms. The van der Waals surface area contributed by atoms with Gasteiger partial charge in [-0.25, -0.2) is 9.59 Å². The van der Waals surface area contributed by atoms with Gasteiger partial charge in [0.2, 0.25) is 0 Å². The molecule has 0 unspecified atom stereocenters. The lowest BCUT2D eigenvalue weighted by atomic mass is 9.92. The summed E-state index contributed by atoms with van der Waals surface area (Å²) >= 11 is 0. The molecule has 15 heteroatoms. The van der Waals surface area contributed by atoms with Crippen molar-refractivity contribution in [2.24, 2.45) is 0 Å². The summed E-state index contributed by atoms with van der Waals surface area (Å²) in [5.74, 6) is -6.21. The summed E-state index contributed by atoms with van der Waals surface area (Å²) in [5, 5.41) is 13.6. The Morgan fingerprint density at radius 3 is 1.90 bits per heavy atom. The zero-order valence-corrected chi connectivity index (χ0v) is 20.7. The molecule has 0 radical (unpaired) electrons. The fourth-order valence-electron chi connectivity index (χ4n) is 3.32. The normalized spacial score (nSPS) is 14.8. The van der Waals surface area contributed by atoms with Crippen LogP contribution in [0.25, 0.3) is 0 Å². The zero-order valence-electron chi connectivity index (χ0n) is 20.7. The van der Waals surface area contributed by atoms with Gasteiger partial charge in [0.05, 0.1) is 26.0 Å². The highest BCUT2D eigenvalue weighted by Crippen LogP contribution is 2.43. The summed E-state index contributed by atoms with van der Waals surface area (Å²) in [6.45, 7) is 1.34. The third-order valence-electron chi connectivity index (χ3n) is 5.27. The van der Waals surface area contributed by atoms with Crippen molar-refractivity contribution in [1.82, 2.24) is 5.32 Å². The van der Waals surface area contributed by atoms with Crippen molar-refractivity contribution in [3.63, 3.8) is 0 Å². The molecule has 39 heavy (non-hydrogen) atoms. The van der Waals surface area contributed by atoms with Gasteiger partial charge in [0.1, 0.15) is 5.75 Å². The van der Waals surface area contributed by atoms with Gasteiger partial charge in [0.15, 0.2) is 0 Å². The molecule has 0 heterocycles. The molecular weight excluding hydrogens is 542 g/mol. The SMILES string of the molecule is CCOC(=O)[C@@](NC(=O)c1ccccc1)(Nc1ccc([C@](O)(C(=O)OCC)C(F)(F)F)cc1OC)C(F)(F)F. The van der Waals surface area contributed by atoms with Crippen LogP contribution in [0, 0.1) is 0 Å². The number of alkyl halides is 6. The van der Waals surface area contributed by atoms with Crippen molar-refractivity contribution in [3.8, 4) is 5.75 Å². The minimum atomic E-state index is -5.61. The molecule has 2 aromatic rings. The lowest BCUT2D eigenvalue weighted by Crippen LogP contribution is -2.69. The molecule has 2 rings (SSSR count). The number of halogens is 6. The van der Waals surface area contributed by atoms with E-state index in [9.17, 15) is 45.8 Å². The third-order valence-corrected chi connectivity index (χ3v) is 5.27. The number of hydrogen-bond donors (Lipinski definition) is 3. The molecule has 3 N–H and O–H groups in total. The number of aliphatic hydroxyl groups is 1. The standard InChI is InChI=1S/C24H24F6N2O7/c1-4-38-19(34)21(36,23(25,26)27)15-11-12-16(17(13-15)37-3)31-22(24(28,29)30,20(35)39-5-2)32-18(33)14-9-7-6-8-10-14/h6-13,31,36H,4-5H2,1-3H3,(H,32,33)/t21-,22-/m0/s1. The van der Waals surface area contributed by atoms with E-state index in [0.717, 1.165) is 7.11 Å². The van der Waals surface area contributed by atoms with Crippen LogP contribution in [0.3, 0.4) is 0 Å². The summed E-state index contributed by atoms with van der Waals surface area (Å²) in [7, 11) is 0.865. The number of carbonyl (C=O) groups excluding carboxylic acids is 3. The molecule has 9 nitrogen and oxygen atoms in total. The van der Waals surface area contributed by atoms with Crippen LogP contribution in [0.5, 0.6) is 5.75 Å². The lowest BCUT2D eigenvalue weighted by molar-refractivity contribution is -0.267. The maximum Gasteiger partial charge on any atom is 0.441 e. The number of ether oxygens (including phenoxy) is 3. The molecule has 2 aromatic carbocycles. The first kappa shape index (κ1) is 31.2. The molecule has 0 aliphatic rings. The van der Waals surface area contributed by atoms with Crippen LogP contribution in [-0.4, -0.2) is 61.3 Å². The minimum absolute atomic E-state index is 0.260. The summed E-state index contributed by atoms with van der Waals surface area (Å²) in [6, 6.07) is 8.03. The van der Waals surface area contributed by atoms with Gasteiger partial charge in [-0.3, -0.25) is 4.79 Å². The first-order valence-corrected chi connectivity index (χ1v) is 11.1. The van der Waals surface area contributed by atoms with E-state index < -0.39 is 71.7 Å². The predicted molar refractivity (Wildman–Crippen MR) is 123 cm³/mol. The number of rotatable bonds is 10. The highest BCUT2D eigenvalue weighted by molar-refractivity contribution is 5.99. The van der Waals surface area contributed by atoms with Gasteiger partial charge in [-0.05, 0) is 38.1 Å². The van der Waals surface area contributed by atoms with Crippen molar-refractivity contribution < 1.29 is 60.0 Å². The smallest absolute Gasteiger partial charge is 0.441 e. The number of nitrogens with one attached hydrogen (secondary N) is 2. The zero-order chi connectivity index (χ0) is 29.6. The Hall–Kier alpha value is -4.01. The van der Waals surface area contributed by atoms with Gasteiger partial charge in [-0.2, -0.15) is 26.3 Å². The Balaban J connectivity index is 2.69. The van der Waals surface area contributed by atoms with Crippen LogP contribution in [-0.2, 0) is 24.7 Å². The monoisotopic (exact) mass is 566 g/mol. The van der Waals surface area contributed by atoms with Gasteiger partial charge >= 0.3 is 30.0 Å². The first-order chi connectivity index (χ1) is 18.1. The Kier molecular flexibility index (Phi) is 9.44. The molecule has 0 bridgehead atoms. The van der Waals surface area contributed by atoms with E-state index in [0.29, 0.717) is 18.2 Å². The number of hydrogen-bond acceptors (Lipinski definition) is 8. The molecule has 214 valence electrons. The molecule has 0 saturated carbocycles. The van der Waals surface area contributed by atoms with Gasteiger partial charge in [-0.1, -0.05) is 24.3 Å². The van der Waals surface area contributed by atoms with Crippen LogP contribution in [0.1, 0.15) is 29.8 Å². The first-order valence-electron chi connectivity index (χ1n) is 11.1. The van der Waals surface area contributed by atoms with E-state index in [1.54, 1.807) is 10.6 Å². The molecule has 0 aromatic heterocycles. The number of methoxy groups -OCH3 is 1. The predicted octanol–water partition coefficient (Wildman–Crippen LogP) is 3.67. The minimum Gasteiger partial charge on any atom is -0.495 e. The van der Waals surface area contributed by atoms with Crippen LogP contribution >= 0.6 is 0 Å². The van der Waals surface area contributed by atoms with Crippen molar-refractivity contribution in [1.29, 1.82) is 0 Å². The average molecular weight is 566 g/mol. The second-order valence-corrected chi connectivity index (χ2v) is 7.76. The Morgan fingerprint density at radius 1 is 0.846 bits per heavy atom. The highest BCUT2D eigenvalue weighted by atomic mass is 19.4. The molecule has 0 saturated heterocycles. The van der Waals surface area contributed by atoms with E-state index in [2.05, 4.69) is 9.47 Å². The largest absolute Gasteiger partial charge is 0.495 e. The fourth-order valence-corrected chi connectivity index (χ4v) is 3.32. The van der Waals surface area contributed by atoms with E-state index in [-0.39, 0.29) is 5.56 Å². The Morgan fingerprint density at radius 2 is 1.41 bits per heavy atom. The highest BCUT2D eigenvalue weighted by Gasteiger charge is 2.65. The van der Waals surface area contributed by atoms with Crippen molar-refractivity contribution in [2.75, 3.05) is 25.6 Å². The van der Waals surface area contributed by atoms with Crippen LogP contribution < -0.4 is 15.4 Å². The summed E-state index contributed by atoms with van der Waals surface area (Å²) in [6.07, 6.45) is -11.2. The Labute approximate surface area is 218 Å². The second-order valence-electron chi connectivity index (χ2n) is 7.76. The van der Waals surface area contributed by atoms with Crippen LogP contribution in [0.2, 0.25) is 0 Å². The molecular formula is C24H24F6N2O7. The number of anilines is 1. The average Bonchev–Trinajstić information content (AvgIpc) is 2.87. The van der Waals surface area contributed by atoms with Gasteiger partial charge in [0.25, 0.3) is 11.5 Å². The second kappa shape index (κ2) is 11.8. The van der Waals surface area contributed by atoms with Gasteiger partial charge in [-0.15, -0.1) is 0 Å². The molecule has 0 aliphatic heterocycles. The number of benzene rings is 2. The summed E-state index contributed by atoms with van der Waals surface area (Å²) in [4.78, 5) is 37.5. The van der Waals surface area contributed by atoms with Crippen molar-refractivity contribution >= 4 is 23.5 Å². The number of esters is 2.